The van der Waals surface area contributed by atoms with Gasteiger partial charge in [0.1, 0.15) is 0 Å². The largest absolute Gasteiger partial charge is 4.00 e. The van der Waals surface area contributed by atoms with Crippen LogP contribution in [0.15, 0.2) is 0 Å². The summed E-state index contributed by atoms with van der Waals surface area (Å²) in [7, 11) is 1.72. The Bertz CT molecular complexity index is 7.51. The Hall–Kier alpha value is 1.22. The van der Waals surface area contributed by atoms with Crippen molar-refractivity contribution in [1.29, 1.82) is 0 Å². The first kappa shape index (κ1) is 56.6. The van der Waals surface area contributed by atoms with Crippen molar-refractivity contribution in [2.24, 2.45) is 0 Å². The van der Waals surface area contributed by atoms with Crippen LogP contribution in [0.2, 0.25) is 0 Å². The van der Waals surface area contributed by atoms with E-state index in [4.69, 9.17) is 4.46 Å². The second-order valence-electron chi connectivity index (χ2n) is 0. The van der Waals surface area contributed by atoms with E-state index in [-0.39, 0.29) is 56.4 Å². The summed E-state index contributed by atoms with van der Waals surface area (Å²) in [5.41, 5.74) is 0. The molecule has 0 aliphatic rings. The maximum Gasteiger partial charge on any atom is 4.00 e. The maximum absolute atomic E-state index is 8.06. The van der Waals surface area contributed by atoms with Crippen molar-refractivity contribution in [2.75, 3.05) is 0 Å². The van der Waals surface area contributed by atoms with Crippen LogP contribution in [0.1, 0.15) is 0 Å². The van der Waals surface area contributed by atoms with E-state index in [1.165, 1.54) is 0 Å². The summed E-state index contributed by atoms with van der Waals surface area (Å²) in [5, 5.41) is 0. The summed E-state index contributed by atoms with van der Waals surface area (Å²) >= 11 is 0. The van der Waals surface area contributed by atoms with E-state index in [1.807, 2.05) is 0 Å². The molecule has 0 aromatic heterocycles. The zero-order chi connectivity index (χ0) is 2.00. The van der Waals surface area contributed by atoms with Gasteiger partial charge in [-0.25, -0.2) is 0 Å². The van der Waals surface area contributed by atoms with Crippen LogP contribution >= 0.6 is 0 Å². The summed E-state index contributed by atoms with van der Waals surface area (Å²) in [6.07, 6.45) is 0. The first-order chi connectivity index (χ1) is 1.00. The predicted molar refractivity (Wildman–Crippen MR) is 8.50 cm³/mol. The van der Waals surface area contributed by atoms with Gasteiger partial charge in [-0.15, -0.1) is 0 Å². The normalized spacial score (nSPS) is 1.00. The monoisotopic (exact) mass is 324 g/mol. The third kappa shape index (κ3) is 62.4. The molecule has 6 heteroatoms. The van der Waals surface area contributed by atoms with E-state index in [2.05, 4.69) is 0 Å². The molecule has 0 saturated carbocycles. The average Bonchev–Trinajstić information content (AvgIpc) is 1.00. The third-order valence-electron chi connectivity index (χ3n) is 0. The molecule has 0 aromatic carbocycles. The van der Waals surface area contributed by atoms with E-state index >= 15 is 0 Å². The van der Waals surface area contributed by atoms with E-state index in [0.29, 0.717) is 0 Å². The second-order valence-corrected chi connectivity index (χ2v) is 0. The van der Waals surface area contributed by atoms with Gasteiger partial charge in [0.05, 0.1) is 0 Å². The fourth-order valence-electron chi connectivity index (χ4n) is 0. The summed E-state index contributed by atoms with van der Waals surface area (Å²) < 4.78 is 8.06. The molecule has 0 radical (unpaired) electrons. The number of hydrogen-bond donors (Lipinski definition) is 0. The molecule has 0 N–H and O–H groups in total. The maximum atomic E-state index is 8.06. The molecule has 32 valence electrons. The topological polar surface area (TPSA) is 103 Å². The van der Waals surface area contributed by atoms with Gasteiger partial charge in [-0.1, -0.05) is 0 Å². The van der Waals surface area contributed by atoms with Gasteiger partial charge in [-0.2, -0.15) is 0 Å². The fourth-order valence-corrected chi connectivity index (χ4v) is 0. The Labute approximate surface area is 70.4 Å². The van der Waals surface area contributed by atoms with Crippen molar-refractivity contribution < 1.29 is 60.8 Å². The van der Waals surface area contributed by atoms with Crippen molar-refractivity contribution in [2.45, 2.75) is 0 Å². The molecule has 0 aliphatic carbocycles. The van der Waals surface area contributed by atoms with Gasteiger partial charge in [-0.3, -0.25) is 0 Å². The molecule has 0 rings (SSSR count). The molecule has 0 amide bonds. The first-order valence-corrected chi connectivity index (χ1v) is 0.612. The van der Waals surface area contributed by atoms with Gasteiger partial charge in [0.2, 0.25) is 0 Å². The quantitative estimate of drug-likeness (QED) is 0.532. The van der Waals surface area contributed by atoms with Crippen molar-refractivity contribution in [3.63, 3.8) is 0 Å². The molecule has 0 aliphatic heterocycles. The zero-order valence-electron chi connectivity index (χ0n) is 2.63. The summed E-state index contributed by atoms with van der Waals surface area (Å²) in [5.74, 6) is 0. The Morgan fingerprint density at radius 3 is 0.833 bits per heavy atom. The molecule has 0 saturated heterocycles. The Morgan fingerprint density at radius 1 is 0.833 bits per heavy atom. The van der Waals surface area contributed by atoms with Crippen molar-refractivity contribution >= 4 is 10.1 Å². The standard InChI is InChI=1S/OSi.3O.Th/c1-2;;;;/q+2;3*-2;+4. The molecular weight excluding hydrogens is 324 g/mol. The minimum absolute atomic E-state index is 0. The smallest absolute Gasteiger partial charge is 2.00 e. The van der Waals surface area contributed by atoms with Crippen LogP contribution in [-0.4, -0.2) is 10.1 Å². The Balaban J connectivity index is -0.000000000833. The molecule has 6 heavy (non-hydrogen) atoms. The van der Waals surface area contributed by atoms with Crippen LogP contribution in [0.4, 0.5) is 0 Å². The van der Waals surface area contributed by atoms with Crippen molar-refractivity contribution in [3.05, 3.63) is 0 Å². The van der Waals surface area contributed by atoms with Crippen LogP contribution < -0.4 is 0 Å². The molecule has 0 fully saturated rings. The molecular formula is O4SiTh. The van der Waals surface area contributed by atoms with Crippen molar-refractivity contribution in [3.8, 4) is 0 Å². The van der Waals surface area contributed by atoms with Gasteiger partial charge in [0.25, 0.3) is 0 Å². The fraction of sp³-hybridized carbons (Fsp3) is 0. The van der Waals surface area contributed by atoms with Gasteiger partial charge in [0, 0.05) is 0 Å². The molecule has 0 atom stereocenters. The van der Waals surface area contributed by atoms with Crippen LogP contribution in [0, 0.1) is 39.9 Å². The second kappa shape index (κ2) is 114. The van der Waals surface area contributed by atoms with E-state index in [1.54, 1.807) is 10.1 Å². The van der Waals surface area contributed by atoms with Gasteiger partial charge in [-0.05, 0) is 0 Å². The van der Waals surface area contributed by atoms with Gasteiger partial charge < -0.3 is 16.4 Å². The Kier molecular flexibility index (Phi) is 1070. The molecule has 0 bridgehead atoms. The van der Waals surface area contributed by atoms with Crippen LogP contribution in [0.25, 0.3) is 0 Å². The first-order valence-electron chi connectivity index (χ1n) is 0.204. The average molecular weight is 324 g/mol. The van der Waals surface area contributed by atoms with Crippen LogP contribution in [-0.2, 0) is 20.9 Å². The van der Waals surface area contributed by atoms with Crippen LogP contribution in [0.3, 0.4) is 0 Å². The minimum Gasteiger partial charge on any atom is -2.00 e. The Morgan fingerprint density at radius 2 is 0.833 bits per heavy atom. The summed E-state index contributed by atoms with van der Waals surface area (Å²) in [6, 6.07) is 0. The molecule has 4 nitrogen and oxygen atoms in total. The zero-order valence-corrected chi connectivity index (χ0v) is 7.74. The van der Waals surface area contributed by atoms with E-state index in [9.17, 15) is 0 Å². The molecule has 0 unspecified atom stereocenters. The third-order valence-corrected chi connectivity index (χ3v) is 0. The predicted octanol–water partition coefficient (Wildman–Crippen LogP) is -0.856. The van der Waals surface area contributed by atoms with Crippen LogP contribution in [0.5, 0.6) is 0 Å². The van der Waals surface area contributed by atoms with Crippen molar-refractivity contribution in [1.82, 2.24) is 0 Å². The SMILES string of the molecule is O=[Si+2].[O-2].[O-2].[O-2].[Th+4]. The number of hydrogen-bond acceptors (Lipinski definition) is 1. The minimum atomic E-state index is 0. The summed E-state index contributed by atoms with van der Waals surface area (Å²) in [6.45, 7) is 0. The number of rotatable bonds is 0. The van der Waals surface area contributed by atoms with Gasteiger partial charge >= 0.3 is 54.5 Å². The van der Waals surface area contributed by atoms with E-state index < -0.39 is 0 Å². The molecule has 0 heterocycles. The molecule has 0 spiro atoms. The van der Waals surface area contributed by atoms with Gasteiger partial charge in [0.15, 0.2) is 0 Å². The molecule has 0 aromatic rings. The van der Waals surface area contributed by atoms with E-state index in [0.717, 1.165) is 0 Å². The summed E-state index contributed by atoms with van der Waals surface area (Å²) in [4.78, 5) is 0.